The van der Waals surface area contributed by atoms with E-state index in [-0.39, 0.29) is 23.6 Å². The maximum atomic E-state index is 13.0. The fourth-order valence-electron chi connectivity index (χ4n) is 3.72. The lowest BCUT2D eigenvalue weighted by atomic mass is 9.96. The molecule has 3 amide bonds. The second-order valence-corrected chi connectivity index (χ2v) is 7.75. The van der Waals surface area contributed by atoms with Gasteiger partial charge in [0.15, 0.2) is 0 Å². The zero-order chi connectivity index (χ0) is 22.5. The Bertz CT molecular complexity index is 1110. The van der Waals surface area contributed by atoms with Gasteiger partial charge in [0.2, 0.25) is 11.8 Å². The summed E-state index contributed by atoms with van der Waals surface area (Å²) in [7, 11) is 0. The van der Waals surface area contributed by atoms with E-state index in [0.29, 0.717) is 42.3 Å². The van der Waals surface area contributed by atoms with E-state index in [4.69, 9.17) is 0 Å². The summed E-state index contributed by atoms with van der Waals surface area (Å²) in [6.45, 7) is 2.37. The number of benzene rings is 1. The quantitative estimate of drug-likeness (QED) is 0.573. The van der Waals surface area contributed by atoms with Crippen LogP contribution in [0.4, 0.5) is 11.4 Å². The number of aromatic nitrogens is 3. The van der Waals surface area contributed by atoms with E-state index in [1.165, 1.54) is 6.92 Å². The minimum atomic E-state index is -0.302. The largest absolute Gasteiger partial charge is 0.337 e. The third-order valence-corrected chi connectivity index (χ3v) is 5.32. The van der Waals surface area contributed by atoms with Crippen LogP contribution in [0.3, 0.4) is 0 Å². The number of amides is 3. The minimum absolute atomic E-state index is 0.129. The van der Waals surface area contributed by atoms with Gasteiger partial charge in [-0.25, -0.2) is 0 Å². The summed E-state index contributed by atoms with van der Waals surface area (Å²) in [6.07, 6.45) is 4.82. The van der Waals surface area contributed by atoms with Gasteiger partial charge in [-0.2, -0.15) is 5.10 Å². The van der Waals surface area contributed by atoms with Crippen LogP contribution in [0, 0.1) is 5.92 Å². The number of pyridine rings is 1. The van der Waals surface area contributed by atoms with Crippen molar-refractivity contribution >= 4 is 29.1 Å². The topological polar surface area (TPSA) is 120 Å². The van der Waals surface area contributed by atoms with Crippen molar-refractivity contribution in [1.29, 1.82) is 0 Å². The molecule has 3 N–H and O–H groups in total. The molecule has 1 aliphatic heterocycles. The molecule has 0 saturated carbocycles. The summed E-state index contributed by atoms with van der Waals surface area (Å²) < 4.78 is 0. The Kier molecular flexibility index (Phi) is 6.25. The van der Waals surface area contributed by atoms with E-state index < -0.39 is 0 Å². The molecule has 1 atom stereocenters. The van der Waals surface area contributed by atoms with E-state index in [0.717, 1.165) is 12.0 Å². The number of aromatic amines is 1. The molecule has 164 valence electrons. The summed E-state index contributed by atoms with van der Waals surface area (Å²) in [5.41, 5.74) is 3.16. The lowest BCUT2D eigenvalue weighted by Gasteiger charge is -2.31. The molecule has 1 aliphatic rings. The van der Waals surface area contributed by atoms with Gasteiger partial charge in [0, 0.05) is 49.3 Å². The molecule has 2 aromatic heterocycles. The van der Waals surface area contributed by atoms with Crippen molar-refractivity contribution in [2.24, 2.45) is 5.92 Å². The van der Waals surface area contributed by atoms with E-state index in [1.807, 2.05) is 12.1 Å². The number of nitrogens with zero attached hydrogens (tertiary/aromatic N) is 3. The van der Waals surface area contributed by atoms with Crippen molar-refractivity contribution < 1.29 is 14.4 Å². The number of H-pyrrole nitrogens is 1. The number of hydrogen-bond donors (Lipinski definition) is 3. The molecule has 1 fully saturated rings. The summed E-state index contributed by atoms with van der Waals surface area (Å²) in [6, 6.07) is 12.3. The zero-order valence-electron chi connectivity index (χ0n) is 17.7. The summed E-state index contributed by atoms with van der Waals surface area (Å²) in [5.74, 6) is -0.762. The van der Waals surface area contributed by atoms with Crippen molar-refractivity contribution in [3.05, 3.63) is 60.6 Å². The summed E-state index contributed by atoms with van der Waals surface area (Å²) in [5, 5.41) is 12.6. The van der Waals surface area contributed by atoms with Gasteiger partial charge >= 0.3 is 0 Å². The molecule has 32 heavy (non-hydrogen) atoms. The van der Waals surface area contributed by atoms with Crippen molar-refractivity contribution in [2.45, 2.75) is 19.8 Å². The van der Waals surface area contributed by atoms with Gasteiger partial charge in [0.1, 0.15) is 5.69 Å². The highest BCUT2D eigenvalue weighted by Gasteiger charge is 2.29. The van der Waals surface area contributed by atoms with Gasteiger partial charge in [0.05, 0.1) is 11.6 Å². The van der Waals surface area contributed by atoms with Crippen LogP contribution in [0.5, 0.6) is 0 Å². The Morgan fingerprint density at radius 2 is 1.84 bits per heavy atom. The van der Waals surface area contributed by atoms with Crippen LogP contribution in [-0.2, 0) is 9.59 Å². The predicted molar refractivity (Wildman–Crippen MR) is 120 cm³/mol. The second kappa shape index (κ2) is 9.42. The predicted octanol–water partition coefficient (Wildman–Crippen LogP) is 2.92. The van der Waals surface area contributed by atoms with Crippen LogP contribution >= 0.6 is 0 Å². The number of piperidine rings is 1. The Morgan fingerprint density at radius 3 is 2.53 bits per heavy atom. The molecule has 3 heterocycles. The number of rotatable bonds is 5. The van der Waals surface area contributed by atoms with Gasteiger partial charge in [-0.1, -0.05) is 0 Å². The summed E-state index contributed by atoms with van der Waals surface area (Å²) in [4.78, 5) is 42.6. The highest BCUT2D eigenvalue weighted by Crippen LogP contribution is 2.22. The molecule has 0 bridgehead atoms. The van der Waals surface area contributed by atoms with Crippen LogP contribution in [-0.4, -0.2) is 50.9 Å². The molecule has 9 heteroatoms. The smallest absolute Gasteiger partial charge is 0.271 e. The third kappa shape index (κ3) is 5.00. The van der Waals surface area contributed by atoms with Gasteiger partial charge < -0.3 is 15.5 Å². The maximum Gasteiger partial charge on any atom is 0.271 e. The minimum Gasteiger partial charge on any atom is -0.337 e. The maximum absolute atomic E-state index is 13.0. The Labute approximate surface area is 185 Å². The molecule has 0 aliphatic carbocycles. The molecular weight excluding hydrogens is 408 g/mol. The van der Waals surface area contributed by atoms with Crippen LogP contribution < -0.4 is 10.6 Å². The first-order chi connectivity index (χ1) is 15.5. The third-order valence-electron chi connectivity index (χ3n) is 5.32. The molecular formula is C23H24N6O3. The van der Waals surface area contributed by atoms with Gasteiger partial charge in [-0.15, -0.1) is 0 Å². The normalized spacial score (nSPS) is 15.8. The molecule has 1 unspecified atom stereocenters. The highest BCUT2D eigenvalue weighted by molar-refractivity contribution is 5.96. The number of nitrogens with one attached hydrogen (secondary N) is 3. The zero-order valence-corrected chi connectivity index (χ0v) is 17.7. The monoisotopic (exact) mass is 432 g/mol. The Morgan fingerprint density at radius 1 is 1.09 bits per heavy atom. The van der Waals surface area contributed by atoms with Gasteiger partial charge in [-0.3, -0.25) is 24.5 Å². The van der Waals surface area contributed by atoms with Crippen LogP contribution in [0.25, 0.3) is 11.3 Å². The standard InChI is InChI=1S/C23H24N6O3/c1-15(30)25-18-6-8-19(9-7-18)26-22(31)17-5-3-11-29(14-17)23(32)21-12-20(27-28-21)16-4-2-10-24-13-16/h2,4,6-10,12-13,17H,3,5,11,14H2,1H3,(H,25,30)(H,26,31)(H,27,28). The van der Waals surface area contributed by atoms with Gasteiger partial charge in [0.25, 0.3) is 5.91 Å². The average molecular weight is 432 g/mol. The summed E-state index contributed by atoms with van der Waals surface area (Å²) >= 11 is 0. The number of likely N-dealkylation sites (tertiary alicyclic amines) is 1. The van der Waals surface area contributed by atoms with Crippen molar-refractivity contribution in [3.8, 4) is 11.3 Å². The second-order valence-electron chi connectivity index (χ2n) is 7.75. The first kappa shape index (κ1) is 21.2. The SMILES string of the molecule is CC(=O)Nc1ccc(NC(=O)C2CCCN(C(=O)c3cc(-c4cccnc4)n[nH]3)C2)cc1. The lowest BCUT2D eigenvalue weighted by molar-refractivity contribution is -0.121. The average Bonchev–Trinajstić information content (AvgIpc) is 3.30. The van der Waals surface area contributed by atoms with Crippen molar-refractivity contribution in [1.82, 2.24) is 20.1 Å². The molecule has 0 spiro atoms. The van der Waals surface area contributed by atoms with Crippen molar-refractivity contribution in [2.75, 3.05) is 23.7 Å². The van der Waals surface area contributed by atoms with E-state index in [9.17, 15) is 14.4 Å². The molecule has 9 nitrogen and oxygen atoms in total. The first-order valence-electron chi connectivity index (χ1n) is 10.4. The molecule has 0 radical (unpaired) electrons. The fraction of sp³-hybridized carbons (Fsp3) is 0.261. The Hall–Kier alpha value is -4.01. The van der Waals surface area contributed by atoms with E-state index in [1.54, 1.807) is 47.6 Å². The number of anilines is 2. The molecule has 1 saturated heterocycles. The van der Waals surface area contributed by atoms with Crippen LogP contribution in [0.1, 0.15) is 30.3 Å². The molecule has 3 aromatic rings. The fourth-order valence-corrected chi connectivity index (χ4v) is 3.72. The van der Waals surface area contributed by atoms with E-state index >= 15 is 0 Å². The van der Waals surface area contributed by atoms with E-state index in [2.05, 4.69) is 25.8 Å². The highest BCUT2D eigenvalue weighted by atomic mass is 16.2. The van der Waals surface area contributed by atoms with Crippen molar-refractivity contribution in [3.63, 3.8) is 0 Å². The first-order valence-corrected chi connectivity index (χ1v) is 10.4. The van der Waals surface area contributed by atoms with Crippen LogP contribution in [0.15, 0.2) is 54.9 Å². The van der Waals surface area contributed by atoms with Gasteiger partial charge in [-0.05, 0) is 55.3 Å². The number of carbonyl (C=O) groups is 3. The Balaban J connectivity index is 1.37. The lowest BCUT2D eigenvalue weighted by Crippen LogP contribution is -2.43. The number of carbonyl (C=O) groups excluding carboxylic acids is 3. The molecule has 4 rings (SSSR count). The number of hydrogen-bond acceptors (Lipinski definition) is 5. The molecule has 1 aromatic carbocycles. The van der Waals surface area contributed by atoms with Crippen LogP contribution in [0.2, 0.25) is 0 Å².